The van der Waals surface area contributed by atoms with E-state index in [0.717, 1.165) is 6.42 Å². The van der Waals surface area contributed by atoms with Gasteiger partial charge in [-0.2, -0.15) is 0 Å². The van der Waals surface area contributed by atoms with Crippen LogP contribution >= 0.6 is 0 Å². The third-order valence-corrected chi connectivity index (χ3v) is 2.74. The first-order valence-electron chi connectivity index (χ1n) is 7.06. The predicted octanol–water partition coefficient (Wildman–Crippen LogP) is 1.23. The topological polar surface area (TPSA) is 80.3 Å². The lowest BCUT2D eigenvalue weighted by Gasteiger charge is -2.08. The third-order valence-electron chi connectivity index (χ3n) is 2.74. The molecule has 1 aromatic rings. The molecule has 0 aliphatic heterocycles. The van der Waals surface area contributed by atoms with Gasteiger partial charge in [-0.1, -0.05) is 13.8 Å². The number of pyridine rings is 1. The second-order valence-corrected chi connectivity index (χ2v) is 5.14. The highest BCUT2D eigenvalue weighted by Crippen LogP contribution is 2.03. The highest BCUT2D eigenvalue weighted by atomic mass is 16.5. The maximum atomic E-state index is 11.9. The minimum Gasteiger partial charge on any atom is -0.385 e. The molecule has 2 N–H and O–H groups in total. The second-order valence-electron chi connectivity index (χ2n) is 5.14. The molecule has 21 heavy (non-hydrogen) atoms. The minimum atomic E-state index is -0.287. The van der Waals surface area contributed by atoms with Crippen LogP contribution in [0.2, 0.25) is 0 Å². The van der Waals surface area contributed by atoms with Crippen LogP contribution in [0.25, 0.3) is 0 Å². The summed E-state index contributed by atoms with van der Waals surface area (Å²) >= 11 is 0. The molecule has 0 bridgehead atoms. The Morgan fingerprint density at radius 2 is 2.05 bits per heavy atom. The van der Waals surface area contributed by atoms with Crippen molar-refractivity contribution >= 4 is 11.8 Å². The molecule has 1 aromatic heterocycles. The molecule has 0 spiro atoms. The van der Waals surface area contributed by atoms with Gasteiger partial charge in [-0.05, 0) is 24.5 Å². The lowest BCUT2D eigenvalue weighted by atomic mass is 10.2. The molecular weight excluding hydrogens is 270 g/mol. The van der Waals surface area contributed by atoms with Crippen LogP contribution in [0.4, 0.5) is 0 Å². The van der Waals surface area contributed by atoms with Crippen LogP contribution in [0.15, 0.2) is 18.3 Å². The van der Waals surface area contributed by atoms with Gasteiger partial charge >= 0.3 is 0 Å². The normalized spacial score (nSPS) is 10.5. The molecule has 0 aromatic carbocycles. The lowest BCUT2D eigenvalue weighted by molar-refractivity contribution is 0.0943. The van der Waals surface area contributed by atoms with E-state index in [-0.39, 0.29) is 17.5 Å². The summed E-state index contributed by atoms with van der Waals surface area (Å²) in [6.45, 7) is 5.74. The van der Waals surface area contributed by atoms with Gasteiger partial charge in [0.2, 0.25) is 0 Å². The SMILES string of the molecule is COCCCNC(=O)c1cc(C(=O)NCC(C)C)ccn1. The summed E-state index contributed by atoms with van der Waals surface area (Å²) in [6.07, 6.45) is 2.20. The third kappa shape index (κ3) is 6.35. The first kappa shape index (κ1) is 17.1. The van der Waals surface area contributed by atoms with Crippen molar-refractivity contribution in [2.24, 2.45) is 5.92 Å². The Bertz CT molecular complexity index is 475. The van der Waals surface area contributed by atoms with Crippen LogP contribution in [0.5, 0.6) is 0 Å². The number of rotatable bonds is 8. The van der Waals surface area contributed by atoms with Gasteiger partial charge in [0.15, 0.2) is 0 Å². The maximum absolute atomic E-state index is 11.9. The zero-order valence-electron chi connectivity index (χ0n) is 12.8. The summed E-state index contributed by atoms with van der Waals surface area (Å²) in [5.74, 6) is -0.108. The van der Waals surface area contributed by atoms with E-state index >= 15 is 0 Å². The van der Waals surface area contributed by atoms with E-state index in [2.05, 4.69) is 15.6 Å². The number of hydrogen-bond donors (Lipinski definition) is 2. The predicted molar refractivity (Wildman–Crippen MR) is 80.2 cm³/mol. The van der Waals surface area contributed by atoms with E-state index in [4.69, 9.17) is 4.74 Å². The molecular formula is C15H23N3O3. The van der Waals surface area contributed by atoms with Gasteiger partial charge in [-0.3, -0.25) is 14.6 Å². The highest BCUT2D eigenvalue weighted by Gasteiger charge is 2.11. The monoisotopic (exact) mass is 293 g/mol. The molecule has 0 saturated heterocycles. The number of hydrogen-bond acceptors (Lipinski definition) is 4. The van der Waals surface area contributed by atoms with Gasteiger partial charge in [0.25, 0.3) is 11.8 Å². The van der Waals surface area contributed by atoms with Gasteiger partial charge < -0.3 is 15.4 Å². The van der Waals surface area contributed by atoms with Crippen molar-refractivity contribution < 1.29 is 14.3 Å². The number of methoxy groups -OCH3 is 1. The number of nitrogens with one attached hydrogen (secondary N) is 2. The van der Waals surface area contributed by atoms with Crippen LogP contribution in [-0.4, -0.2) is 43.6 Å². The minimum absolute atomic E-state index is 0.195. The Morgan fingerprint density at radius 3 is 2.71 bits per heavy atom. The summed E-state index contributed by atoms with van der Waals surface area (Å²) in [5.41, 5.74) is 0.678. The first-order chi connectivity index (χ1) is 10.0. The van der Waals surface area contributed by atoms with Crippen molar-refractivity contribution in [2.75, 3.05) is 26.8 Å². The molecule has 0 unspecified atom stereocenters. The molecule has 6 nitrogen and oxygen atoms in total. The molecule has 1 rings (SSSR count). The quantitative estimate of drug-likeness (QED) is 0.707. The molecule has 0 saturated carbocycles. The summed E-state index contributed by atoms with van der Waals surface area (Å²) in [7, 11) is 1.61. The van der Waals surface area contributed by atoms with E-state index in [1.54, 1.807) is 13.2 Å². The van der Waals surface area contributed by atoms with E-state index in [0.29, 0.717) is 31.2 Å². The van der Waals surface area contributed by atoms with Gasteiger partial charge in [0.1, 0.15) is 5.69 Å². The Hall–Kier alpha value is -1.95. The fraction of sp³-hybridized carbons (Fsp3) is 0.533. The number of carbonyl (C=O) groups is 2. The Labute approximate surface area is 125 Å². The number of nitrogens with zero attached hydrogens (tertiary/aromatic N) is 1. The molecule has 6 heteroatoms. The molecule has 0 atom stereocenters. The molecule has 116 valence electrons. The molecule has 0 fully saturated rings. The van der Waals surface area contributed by atoms with Gasteiger partial charge in [0.05, 0.1) is 0 Å². The highest BCUT2D eigenvalue weighted by molar-refractivity contribution is 5.98. The van der Waals surface area contributed by atoms with Crippen molar-refractivity contribution in [3.05, 3.63) is 29.6 Å². The average Bonchev–Trinajstić information content (AvgIpc) is 2.49. The van der Waals surface area contributed by atoms with E-state index in [9.17, 15) is 9.59 Å². The molecule has 1 heterocycles. The number of amides is 2. The van der Waals surface area contributed by atoms with Gasteiger partial charge in [0, 0.05) is 38.6 Å². The fourth-order valence-corrected chi connectivity index (χ4v) is 1.60. The zero-order chi connectivity index (χ0) is 15.7. The Kier molecular flexibility index (Phi) is 7.39. The van der Waals surface area contributed by atoms with Crippen molar-refractivity contribution in [3.8, 4) is 0 Å². The summed E-state index contributed by atoms with van der Waals surface area (Å²) in [6, 6.07) is 3.10. The first-order valence-corrected chi connectivity index (χ1v) is 7.06. The summed E-state index contributed by atoms with van der Waals surface area (Å²) in [4.78, 5) is 27.8. The van der Waals surface area contributed by atoms with Crippen molar-refractivity contribution in [2.45, 2.75) is 20.3 Å². The molecule has 2 amide bonds. The van der Waals surface area contributed by atoms with E-state index in [1.807, 2.05) is 13.8 Å². The van der Waals surface area contributed by atoms with Crippen LogP contribution in [0.1, 0.15) is 41.1 Å². The lowest BCUT2D eigenvalue weighted by Crippen LogP contribution is -2.29. The fourth-order valence-electron chi connectivity index (χ4n) is 1.60. The van der Waals surface area contributed by atoms with Crippen LogP contribution in [0.3, 0.4) is 0 Å². The Morgan fingerprint density at radius 1 is 1.29 bits per heavy atom. The van der Waals surface area contributed by atoms with Crippen molar-refractivity contribution in [1.82, 2.24) is 15.6 Å². The van der Waals surface area contributed by atoms with Crippen LogP contribution in [-0.2, 0) is 4.74 Å². The largest absolute Gasteiger partial charge is 0.385 e. The standard InChI is InChI=1S/C15H23N3O3/c1-11(2)10-18-14(19)12-5-7-16-13(9-12)15(20)17-6-4-8-21-3/h5,7,9,11H,4,6,8,10H2,1-3H3,(H,17,20)(H,18,19). The van der Waals surface area contributed by atoms with Crippen LogP contribution in [0, 0.1) is 5.92 Å². The summed E-state index contributed by atoms with van der Waals surface area (Å²) in [5, 5.41) is 5.55. The molecule has 0 radical (unpaired) electrons. The number of carbonyl (C=O) groups excluding carboxylic acids is 2. The molecule has 0 aliphatic rings. The van der Waals surface area contributed by atoms with Gasteiger partial charge in [-0.25, -0.2) is 0 Å². The maximum Gasteiger partial charge on any atom is 0.269 e. The molecule has 0 aliphatic carbocycles. The second kappa shape index (κ2) is 9.07. The van der Waals surface area contributed by atoms with E-state index in [1.165, 1.54) is 12.3 Å². The summed E-state index contributed by atoms with van der Waals surface area (Å²) < 4.78 is 4.91. The number of aromatic nitrogens is 1. The van der Waals surface area contributed by atoms with Crippen molar-refractivity contribution in [1.29, 1.82) is 0 Å². The number of ether oxygens (including phenoxy) is 1. The smallest absolute Gasteiger partial charge is 0.269 e. The Balaban J connectivity index is 2.58. The van der Waals surface area contributed by atoms with Crippen molar-refractivity contribution in [3.63, 3.8) is 0 Å². The van der Waals surface area contributed by atoms with Crippen LogP contribution < -0.4 is 10.6 Å². The zero-order valence-corrected chi connectivity index (χ0v) is 12.8. The average molecular weight is 293 g/mol. The van der Waals surface area contributed by atoms with E-state index < -0.39 is 0 Å². The van der Waals surface area contributed by atoms with Gasteiger partial charge in [-0.15, -0.1) is 0 Å².